The van der Waals surface area contributed by atoms with Gasteiger partial charge in [0.15, 0.2) is 0 Å². The van der Waals surface area contributed by atoms with Gasteiger partial charge in [0.25, 0.3) is 0 Å². The van der Waals surface area contributed by atoms with Crippen molar-refractivity contribution in [2.45, 2.75) is 64.0 Å². The zero-order valence-electron chi connectivity index (χ0n) is 15.1. The van der Waals surface area contributed by atoms with E-state index in [4.69, 9.17) is 0 Å². The quantitative estimate of drug-likeness (QED) is 0.896. The molecule has 4 rings (SSSR count). The standard InChI is InChI=1S/C20H28N3O2/c1-15-3-2-11-21-18(15)22-12-8-20(9-13-22)10-14-23(19(20)25)16-4-6-17(24)7-5-16/h3,11,16-17,24H,4-10,12-14H2,1H3/t16-,17+. The molecule has 3 heterocycles. The second-order valence-electron chi connectivity index (χ2n) is 8.05. The maximum absolute atomic E-state index is 13.2. The van der Waals surface area contributed by atoms with Crippen LogP contribution in [0.4, 0.5) is 5.82 Å². The van der Waals surface area contributed by atoms with Crippen molar-refractivity contribution in [3.63, 3.8) is 0 Å². The minimum atomic E-state index is -0.162. The zero-order valence-corrected chi connectivity index (χ0v) is 15.1. The largest absolute Gasteiger partial charge is 0.393 e. The molecule has 2 aliphatic heterocycles. The van der Waals surface area contributed by atoms with Crippen LogP contribution in [-0.4, -0.2) is 52.7 Å². The van der Waals surface area contributed by atoms with Crippen LogP contribution >= 0.6 is 0 Å². The summed E-state index contributed by atoms with van der Waals surface area (Å²) in [5, 5.41) is 9.72. The molecule has 5 nitrogen and oxygen atoms in total. The Morgan fingerprint density at radius 3 is 2.52 bits per heavy atom. The smallest absolute Gasteiger partial charge is 0.229 e. The molecule has 3 aliphatic rings. The number of hydrogen-bond donors (Lipinski definition) is 1. The summed E-state index contributed by atoms with van der Waals surface area (Å²) in [6, 6.07) is 5.35. The summed E-state index contributed by atoms with van der Waals surface area (Å²) in [5.74, 6) is 1.41. The number of aliphatic hydroxyl groups excluding tert-OH is 1. The number of piperidine rings is 1. The van der Waals surface area contributed by atoms with E-state index in [1.165, 1.54) is 0 Å². The Morgan fingerprint density at radius 2 is 1.84 bits per heavy atom. The lowest BCUT2D eigenvalue weighted by Crippen LogP contribution is -2.47. The van der Waals surface area contributed by atoms with Crippen molar-refractivity contribution in [1.82, 2.24) is 9.88 Å². The summed E-state index contributed by atoms with van der Waals surface area (Å²) < 4.78 is 0. The molecule has 1 amide bonds. The van der Waals surface area contributed by atoms with Crippen molar-refractivity contribution in [2.24, 2.45) is 5.41 Å². The van der Waals surface area contributed by atoms with Gasteiger partial charge in [-0.3, -0.25) is 4.79 Å². The minimum absolute atomic E-state index is 0.151. The summed E-state index contributed by atoms with van der Waals surface area (Å²) in [4.78, 5) is 22.1. The van der Waals surface area contributed by atoms with Gasteiger partial charge in [0, 0.05) is 37.9 Å². The van der Waals surface area contributed by atoms with Gasteiger partial charge >= 0.3 is 0 Å². The fraction of sp³-hybridized carbons (Fsp3) is 0.700. The van der Waals surface area contributed by atoms with Crippen LogP contribution in [0.25, 0.3) is 0 Å². The molecule has 0 bridgehead atoms. The molecular formula is C20H28N3O2. The van der Waals surface area contributed by atoms with Crippen LogP contribution < -0.4 is 4.90 Å². The Kier molecular flexibility index (Phi) is 4.44. The number of likely N-dealkylation sites (tertiary alicyclic amines) is 1. The molecule has 3 fully saturated rings. The van der Waals surface area contributed by atoms with Crippen LogP contribution in [0.1, 0.15) is 50.5 Å². The van der Waals surface area contributed by atoms with E-state index in [0.29, 0.717) is 11.9 Å². The average Bonchev–Trinajstić information content (AvgIpc) is 2.94. The topological polar surface area (TPSA) is 56.7 Å². The number of carbonyl (C=O) groups is 1. The Bertz CT molecular complexity index is 632. The van der Waals surface area contributed by atoms with Crippen LogP contribution in [0.15, 0.2) is 12.3 Å². The maximum atomic E-state index is 13.2. The van der Waals surface area contributed by atoms with Gasteiger partial charge in [0.05, 0.1) is 11.5 Å². The molecule has 2 saturated heterocycles. The highest BCUT2D eigenvalue weighted by Crippen LogP contribution is 2.44. The van der Waals surface area contributed by atoms with Crippen molar-refractivity contribution in [2.75, 3.05) is 24.5 Å². The first-order valence-corrected chi connectivity index (χ1v) is 9.66. The molecule has 1 aromatic rings. The summed E-state index contributed by atoms with van der Waals surface area (Å²) >= 11 is 0. The van der Waals surface area contributed by atoms with E-state index in [0.717, 1.165) is 76.0 Å². The van der Waals surface area contributed by atoms with Gasteiger partial charge in [-0.1, -0.05) is 0 Å². The number of aryl methyl sites for hydroxylation is 1. The highest BCUT2D eigenvalue weighted by atomic mass is 16.3. The molecule has 1 spiro atoms. The average molecular weight is 342 g/mol. The number of pyridine rings is 1. The number of aliphatic hydroxyl groups is 1. The van der Waals surface area contributed by atoms with Crippen molar-refractivity contribution >= 4 is 11.7 Å². The molecule has 25 heavy (non-hydrogen) atoms. The highest BCUT2D eigenvalue weighted by Gasteiger charge is 2.50. The summed E-state index contributed by atoms with van der Waals surface area (Å²) in [6.45, 7) is 4.78. The number of anilines is 1. The predicted molar refractivity (Wildman–Crippen MR) is 96.3 cm³/mol. The van der Waals surface area contributed by atoms with E-state index in [1.807, 2.05) is 6.07 Å². The van der Waals surface area contributed by atoms with Crippen molar-refractivity contribution in [3.05, 3.63) is 23.9 Å². The van der Waals surface area contributed by atoms with Crippen LogP contribution in [-0.2, 0) is 4.79 Å². The van der Waals surface area contributed by atoms with Crippen LogP contribution in [0.2, 0.25) is 0 Å². The Morgan fingerprint density at radius 1 is 1.16 bits per heavy atom. The Hall–Kier alpha value is -1.62. The molecule has 5 heteroatoms. The van der Waals surface area contributed by atoms with Gasteiger partial charge in [-0.15, -0.1) is 0 Å². The number of amides is 1. The van der Waals surface area contributed by atoms with Crippen LogP contribution in [0, 0.1) is 18.4 Å². The maximum Gasteiger partial charge on any atom is 0.229 e. The first-order chi connectivity index (χ1) is 12.1. The fourth-order valence-electron chi connectivity index (χ4n) is 4.93. The first kappa shape index (κ1) is 16.8. The molecule has 1 aliphatic carbocycles. The number of nitrogens with zero attached hydrogens (tertiary/aromatic N) is 3. The fourth-order valence-corrected chi connectivity index (χ4v) is 4.93. The zero-order chi connectivity index (χ0) is 17.4. The van der Waals surface area contributed by atoms with E-state index < -0.39 is 0 Å². The SMILES string of the molecule is Cc1c[c]cnc1N1CCC2(CC1)CCN([C@H]1CC[C@@H](O)CC1)C2=O. The minimum Gasteiger partial charge on any atom is -0.393 e. The third kappa shape index (κ3) is 3.03. The second-order valence-corrected chi connectivity index (χ2v) is 8.05. The van der Waals surface area contributed by atoms with Crippen molar-refractivity contribution in [3.8, 4) is 0 Å². The molecular weight excluding hydrogens is 314 g/mol. The van der Waals surface area contributed by atoms with Gasteiger partial charge in [0.1, 0.15) is 5.82 Å². The molecule has 0 atom stereocenters. The van der Waals surface area contributed by atoms with E-state index in [-0.39, 0.29) is 11.5 Å². The van der Waals surface area contributed by atoms with E-state index in [9.17, 15) is 9.90 Å². The lowest BCUT2D eigenvalue weighted by atomic mass is 9.77. The van der Waals surface area contributed by atoms with E-state index in [1.54, 1.807) is 6.20 Å². The van der Waals surface area contributed by atoms with Crippen molar-refractivity contribution in [1.29, 1.82) is 0 Å². The number of hydrogen-bond acceptors (Lipinski definition) is 4. The normalized spacial score (nSPS) is 29.4. The lowest BCUT2D eigenvalue weighted by molar-refractivity contribution is -0.139. The number of carbonyl (C=O) groups excluding carboxylic acids is 1. The summed E-state index contributed by atoms with van der Waals surface area (Å²) in [5.41, 5.74) is 1.00. The summed E-state index contributed by atoms with van der Waals surface area (Å²) in [6.07, 6.45) is 8.01. The Labute approximate surface area is 150 Å². The lowest BCUT2D eigenvalue weighted by Gasteiger charge is -2.40. The third-order valence-electron chi connectivity index (χ3n) is 6.59. The van der Waals surface area contributed by atoms with Crippen molar-refractivity contribution < 1.29 is 9.90 Å². The molecule has 135 valence electrons. The first-order valence-electron chi connectivity index (χ1n) is 9.66. The van der Waals surface area contributed by atoms with Gasteiger partial charge in [-0.2, -0.15) is 0 Å². The van der Waals surface area contributed by atoms with Crippen LogP contribution in [0.5, 0.6) is 0 Å². The van der Waals surface area contributed by atoms with E-state index in [2.05, 4.69) is 27.8 Å². The molecule has 1 N–H and O–H groups in total. The molecule has 0 unspecified atom stereocenters. The Balaban J connectivity index is 1.41. The second kappa shape index (κ2) is 6.60. The molecule has 1 aromatic heterocycles. The van der Waals surface area contributed by atoms with E-state index >= 15 is 0 Å². The van der Waals surface area contributed by atoms with Crippen LogP contribution in [0.3, 0.4) is 0 Å². The molecule has 0 aromatic carbocycles. The monoisotopic (exact) mass is 342 g/mol. The van der Waals surface area contributed by atoms with Gasteiger partial charge in [-0.25, -0.2) is 4.98 Å². The number of rotatable bonds is 2. The predicted octanol–water partition coefficient (Wildman–Crippen LogP) is 2.31. The number of aromatic nitrogens is 1. The van der Waals surface area contributed by atoms with Gasteiger partial charge in [0.2, 0.25) is 5.91 Å². The van der Waals surface area contributed by atoms with Gasteiger partial charge < -0.3 is 14.9 Å². The van der Waals surface area contributed by atoms with Gasteiger partial charge in [-0.05, 0) is 63.5 Å². The highest BCUT2D eigenvalue weighted by molar-refractivity contribution is 5.85. The third-order valence-corrected chi connectivity index (χ3v) is 6.59. The molecule has 1 radical (unpaired) electrons. The summed E-state index contributed by atoms with van der Waals surface area (Å²) in [7, 11) is 0. The molecule has 1 saturated carbocycles.